The summed E-state index contributed by atoms with van der Waals surface area (Å²) in [6.07, 6.45) is 0.956. The van der Waals surface area contributed by atoms with E-state index in [1.165, 1.54) is 4.90 Å². The Balaban J connectivity index is 2.36. The van der Waals surface area contributed by atoms with E-state index < -0.39 is 29.6 Å². The van der Waals surface area contributed by atoms with Gasteiger partial charge in [-0.2, -0.15) is 0 Å². The average Bonchev–Trinajstić information content (AvgIpc) is 2.77. The topological polar surface area (TPSA) is 87.7 Å². The lowest BCUT2D eigenvalue weighted by molar-refractivity contribution is -0.138. The first-order chi connectivity index (χ1) is 16.0. The fourth-order valence-electron chi connectivity index (χ4n) is 3.38. The second kappa shape index (κ2) is 11.7. The van der Waals surface area contributed by atoms with Crippen LogP contribution in [0.1, 0.15) is 50.4 Å². The monoisotopic (exact) mass is 485 g/mol. The summed E-state index contributed by atoms with van der Waals surface area (Å²) in [5.74, 6) is -0.863. The number of ether oxygens (including phenoxy) is 1. The number of alkyl carbamates (subject to hydrolysis) is 1. The van der Waals surface area contributed by atoms with Crippen molar-refractivity contribution in [2.75, 3.05) is 18.4 Å². The number of carbonyl (C=O) groups is 3. The Hall–Kier alpha value is -3.32. The highest BCUT2D eigenvalue weighted by Gasteiger charge is 2.31. The van der Waals surface area contributed by atoms with Crippen LogP contribution in [0.3, 0.4) is 0 Å². The molecular weight excluding hydrogens is 454 g/mol. The molecule has 2 rings (SSSR count). The number of hydrogen-bond acceptors (Lipinski definition) is 4. The Labute approximate surface area is 206 Å². The largest absolute Gasteiger partial charge is 0.444 e. The molecule has 0 fully saturated rings. The first-order valence-corrected chi connectivity index (χ1v) is 11.4. The molecule has 2 aromatic carbocycles. The first-order valence-electron chi connectivity index (χ1n) is 11.0. The number of likely N-dealkylation sites (N-methyl/N-ethyl adjacent to an activating group) is 1. The van der Waals surface area contributed by atoms with Crippen molar-refractivity contribution in [3.63, 3.8) is 0 Å². The molecule has 182 valence electrons. The number of carbonyl (C=O) groups excluding carboxylic acids is 3. The molecule has 0 aliphatic carbocycles. The third kappa shape index (κ3) is 7.35. The highest BCUT2D eigenvalue weighted by Crippen LogP contribution is 2.29. The molecule has 0 bridgehead atoms. The molecule has 2 aromatic rings. The van der Waals surface area contributed by atoms with Crippen molar-refractivity contribution >= 4 is 41.3 Å². The Morgan fingerprint density at radius 2 is 1.85 bits per heavy atom. The van der Waals surface area contributed by atoms with Crippen LogP contribution in [0.15, 0.2) is 49.0 Å². The third-order valence-corrected chi connectivity index (χ3v) is 5.25. The van der Waals surface area contributed by atoms with Gasteiger partial charge in [-0.05, 0) is 63.4 Å². The first kappa shape index (κ1) is 26.9. The highest BCUT2D eigenvalue weighted by molar-refractivity contribution is 6.34. The molecular formula is C26H32ClN3O4. The molecule has 0 saturated heterocycles. The van der Waals surface area contributed by atoms with Crippen LogP contribution < -0.4 is 10.6 Å². The van der Waals surface area contributed by atoms with Gasteiger partial charge in [0, 0.05) is 6.54 Å². The molecule has 0 spiro atoms. The minimum atomic E-state index is -0.964. The molecule has 0 aliphatic rings. The van der Waals surface area contributed by atoms with Gasteiger partial charge >= 0.3 is 6.09 Å². The van der Waals surface area contributed by atoms with Crippen molar-refractivity contribution < 1.29 is 19.1 Å². The van der Waals surface area contributed by atoms with Gasteiger partial charge in [-0.15, -0.1) is 0 Å². The van der Waals surface area contributed by atoms with Gasteiger partial charge in [-0.25, -0.2) is 4.79 Å². The minimum absolute atomic E-state index is 0.229. The summed E-state index contributed by atoms with van der Waals surface area (Å²) in [4.78, 5) is 40.1. The van der Waals surface area contributed by atoms with Crippen LogP contribution >= 0.6 is 11.6 Å². The summed E-state index contributed by atoms with van der Waals surface area (Å²) in [5.41, 5.74) is 1.99. The normalized spacial score (nSPS) is 11.8. The maximum atomic E-state index is 13.5. The number of para-hydroxylation sites is 1. The van der Waals surface area contributed by atoms with E-state index in [9.17, 15) is 14.4 Å². The van der Waals surface area contributed by atoms with Crippen LogP contribution in [0.5, 0.6) is 0 Å². The van der Waals surface area contributed by atoms with Gasteiger partial charge < -0.3 is 20.3 Å². The quantitative estimate of drug-likeness (QED) is 0.528. The summed E-state index contributed by atoms with van der Waals surface area (Å²) < 4.78 is 5.20. The number of rotatable bonds is 8. The maximum absolute atomic E-state index is 13.5. The van der Waals surface area contributed by atoms with Crippen LogP contribution in [0.4, 0.5) is 10.5 Å². The molecule has 0 radical (unpaired) electrons. The van der Waals surface area contributed by atoms with E-state index in [2.05, 4.69) is 17.2 Å². The molecule has 0 aromatic heterocycles. The Bertz CT molecular complexity index is 1040. The van der Waals surface area contributed by atoms with Crippen molar-refractivity contribution in [1.29, 1.82) is 0 Å². The zero-order chi connectivity index (χ0) is 25.5. The molecule has 1 unspecified atom stereocenters. The molecule has 34 heavy (non-hydrogen) atoms. The summed E-state index contributed by atoms with van der Waals surface area (Å²) in [6.45, 7) is 12.5. The average molecular weight is 486 g/mol. The Morgan fingerprint density at radius 3 is 2.44 bits per heavy atom. The molecule has 7 nitrogen and oxygen atoms in total. The van der Waals surface area contributed by atoms with E-state index in [1.807, 2.05) is 19.1 Å². The highest BCUT2D eigenvalue weighted by atomic mass is 35.5. The fourth-order valence-corrected chi connectivity index (χ4v) is 3.65. The van der Waals surface area contributed by atoms with Crippen LogP contribution in [0, 0.1) is 6.92 Å². The SMILES string of the molecule is C=Cc1cccc(C(C(=O)Nc2c(C)cccc2Cl)N(CC)C(=O)CNC(=O)OC(C)(C)C)c1. The lowest BCUT2D eigenvalue weighted by atomic mass is 10.0. The van der Waals surface area contributed by atoms with Crippen molar-refractivity contribution in [3.8, 4) is 0 Å². The number of hydrogen-bond donors (Lipinski definition) is 2. The molecule has 2 N–H and O–H groups in total. The van der Waals surface area contributed by atoms with Crippen molar-refractivity contribution in [2.24, 2.45) is 0 Å². The van der Waals surface area contributed by atoms with Crippen LogP contribution in [-0.2, 0) is 14.3 Å². The van der Waals surface area contributed by atoms with Crippen LogP contribution in [-0.4, -0.2) is 41.5 Å². The molecule has 0 heterocycles. The number of benzene rings is 2. The fraction of sp³-hybridized carbons (Fsp3) is 0.346. The van der Waals surface area contributed by atoms with E-state index in [0.29, 0.717) is 16.3 Å². The van der Waals surface area contributed by atoms with Crippen molar-refractivity contribution in [2.45, 2.75) is 46.3 Å². The third-order valence-electron chi connectivity index (χ3n) is 4.94. The van der Waals surface area contributed by atoms with Crippen molar-refractivity contribution in [3.05, 3.63) is 70.8 Å². The predicted molar refractivity (Wildman–Crippen MR) is 136 cm³/mol. The lowest BCUT2D eigenvalue weighted by Crippen LogP contribution is -2.46. The standard InChI is InChI=1S/C26H32ClN3O4/c1-7-18-12-10-13-19(15-18)23(24(32)29-22-17(3)11-9-14-20(22)27)30(8-2)21(31)16-28-25(33)34-26(4,5)6/h7,9-15,23H,1,8,16H2,2-6H3,(H,28,33)(H,29,32). The van der Waals surface area contributed by atoms with Gasteiger partial charge in [0.05, 0.1) is 10.7 Å². The van der Waals surface area contributed by atoms with Gasteiger partial charge in [0.1, 0.15) is 18.2 Å². The zero-order valence-corrected chi connectivity index (χ0v) is 21.0. The van der Waals surface area contributed by atoms with Gasteiger partial charge in [-0.1, -0.05) is 54.6 Å². The number of nitrogens with zero attached hydrogens (tertiary/aromatic N) is 1. The van der Waals surface area contributed by atoms with E-state index >= 15 is 0 Å². The minimum Gasteiger partial charge on any atom is -0.444 e. The van der Waals surface area contributed by atoms with Gasteiger partial charge in [0.15, 0.2) is 0 Å². The Kier molecular flexibility index (Phi) is 9.27. The van der Waals surface area contributed by atoms with Gasteiger partial charge in [-0.3, -0.25) is 9.59 Å². The number of aryl methyl sites for hydroxylation is 1. The summed E-state index contributed by atoms with van der Waals surface area (Å²) in [7, 11) is 0. The van der Waals surface area contributed by atoms with Crippen molar-refractivity contribution in [1.82, 2.24) is 10.2 Å². The zero-order valence-electron chi connectivity index (χ0n) is 20.3. The number of amides is 3. The summed E-state index contributed by atoms with van der Waals surface area (Å²) in [6, 6.07) is 11.6. The summed E-state index contributed by atoms with van der Waals surface area (Å²) in [5, 5.41) is 5.74. The Morgan fingerprint density at radius 1 is 1.18 bits per heavy atom. The lowest BCUT2D eigenvalue weighted by Gasteiger charge is -2.31. The number of anilines is 1. The molecule has 3 amide bonds. The van der Waals surface area contributed by atoms with E-state index in [1.54, 1.807) is 64.1 Å². The molecule has 0 saturated carbocycles. The molecule has 1 atom stereocenters. The number of nitrogens with one attached hydrogen (secondary N) is 2. The van der Waals surface area contributed by atoms with Crippen LogP contribution in [0.2, 0.25) is 5.02 Å². The summed E-state index contributed by atoms with van der Waals surface area (Å²) >= 11 is 6.32. The maximum Gasteiger partial charge on any atom is 0.408 e. The van der Waals surface area contributed by atoms with E-state index in [-0.39, 0.29) is 13.1 Å². The molecule has 8 heteroatoms. The van der Waals surface area contributed by atoms with E-state index in [4.69, 9.17) is 16.3 Å². The van der Waals surface area contributed by atoms with E-state index in [0.717, 1.165) is 11.1 Å². The number of halogens is 1. The van der Waals surface area contributed by atoms with Gasteiger partial charge in [0.25, 0.3) is 5.91 Å². The van der Waals surface area contributed by atoms with Gasteiger partial charge in [0.2, 0.25) is 5.91 Å². The second-order valence-electron chi connectivity index (χ2n) is 8.73. The smallest absolute Gasteiger partial charge is 0.408 e. The van der Waals surface area contributed by atoms with Crippen LogP contribution in [0.25, 0.3) is 6.08 Å². The second-order valence-corrected chi connectivity index (χ2v) is 9.14. The molecule has 0 aliphatic heterocycles. The predicted octanol–water partition coefficient (Wildman–Crippen LogP) is 5.34.